The molecule has 90 valence electrons. The Bertz CT molecular complexity index is 509. The van der Waals surface area contributed by atoms with Crippen molar-refractivity contribution >= 4 is 5.91 Å². The van der Waals surface area contributed by atoms with E-state index in [9.17, 15) is 4.79 Å². The number of fused-ring (bicyclic) bond motifs is 2. The van der Waals surface area contributed by atoms with Crippen LogP contribution in [0.1, 0.15) is 29.5 Å². The molecule has 0 aromatic heterocycles. The quantitative estimate of drug-likeness (QED) is 0.801. The molecule has 1 aliphatic heterocycles. The molecule has 1 aliphatic carbocycles. The van der Waals surface area contributed by atoms with Gasteiger partial charge in [0.2, 0.25) is 5.91 Å². The van der Waals surface area contributed by atoms with Gasteiger partial charge in [-0.25, -0.2) is 0 Å². The molecule has 1 heterocycles. The van der Waals surface area contributed by atoms with E-state index in [1.54, 1.807) is 0 Å². The van der Waals surface area contributed by atoms with Crippen LogP contribution in [0.5, 0.6) is 5.75 Å². The number of hydrogen-bond donors (Lipinski definition) is 1. The van der Waals surface area contributed by atoms with Crippen molar-refractivity contribution in [1.29, 1.82) is 0 Å². The largest absolute Gasteiger partial charge is 0.493 e. The molecule has 1 saturated carbocycles. The predicted molar refractivity (Wildman–Crippen MR) is 65.0 cm³/mol. The van der Waals surface area contributed by atoms with Gasteiger partial charge in [0, 0.05) is 16.9 Å². The highest BCUT2D eigenvalue weighted by molar-refractivity contribution is 5.83. The number of amides is 1. The van der Waals surface area contributed by atoms with E-state index in [1.807, 2.05) is 0 Å². The Hall–Kier alpha value is -1.51. The van der Waals surface area contributed by atoms with Crippen LogP contribution in [0.25, 0.3) is 0 Å². The Morgan fingerprint density at radius 1 is 1.41 bits per heavy atom. The van der Waals surface area contributed by atoms with Crippen LogP contribution in [0.3, 0.4) is 0 Å². The number of nitrogens with two attached hydrogens (primary N) is 1. The summed E-state index contributed by atoms with van der Waals surface area (Å²) in [6, 6.07) is 4.26. The number of aryl methyl sites for hydroxylation is 2. The Balaban J connectivity index is 2.10. The summed E-state index contributed by atoms with van der Waals surface area (Å²) in [5.41, 5.74) is 9.11. The van der Waals surface area contributed by atoms with Crippen molar-refractivity contribution in [2.45, 2.75) is 32.1 Å². The maximum absolute atomic E-state index is 11.4. The number of primary amides is 1. The fraction of sp³-hybridized carbons (Fsp3) is 0.500. The first-order chi connectivity index (χ1) is 8.04. The van der Waals surface area contributed by atoms with Crippen LogP contribution in [0.4, 0.5) is 0 Å². The van der Waals surface area contributed by atoms with Crippen molar-refractivity contribution in [3.8, 4) is 5.75 Å². The van der Waals surface area contributed by atoms with Gasteiger partial charge in [-0.2, -0.15) is 0 Å². The van der Waals surface area contributed by atoms with E-state index in [-0.39, 0.29) is 17.2 Å². The lowest BCUT2D eigenvalue weighted by Gasteiger charge is -2.27. The predicted octanol–water partition coefficient (Wildman–Crippen LogP) is 1.83. The highest BCUT2D eigenvalue weighted by Crippen LogP contribution is 2.60. The lowest BCUT2D eigenvalue weighted by Crippen LogP contribution is -2.27. The summed E-state index contributed by atoms with van der Waals surface area (Å²) in [5, 5.41) is 0. The van der Waals surface area contributed by atoms with Crippen LogP contribution in [0, 0.1) is 19.8 Å². The minimum Gasteiger partial charge on any atom is -0.493 e. The van der Waals surface area contributed by atoms with E-state index in [1.165, 1.54) is 16.7 Å². The molecule has 3 rings (SSSR count). The molecular formula is C14H17NO2. The van der Waals surface area contributed by atoms with E-state index in [0.29, 0.717) is 6.61 Å². The van der Waals surface area contributed by atoms with Crippen LogP contribution >= 0.6 is 0 Å². The molecule has 1 amide bonds. The molecule has 2 atom stereocenters. The molecule has 1 fully saturated rings. The summed E-state index contributed by atoms with van der Waals surface area (Å²) in [5.74, 6) is 0.784. The van der Waals surface area contributed by atoms with Crippen LogP contribution in [-0.4, -0.2) is 12.5 Å². The van der Waals surface area contributed by atoms with Crippen molar-refractivity contribution < 1.29 is 9.53 Å². The molecule has 0 unspecified atom stereocenters. The first-order valence-electron chi connectivity index (χ1n) is 6.08. The second-order valence-electron chi connectivity index (χ2n) is 5.35. The van der Waals surface area contributed by atoms with Gasteiger partial charge in [0.15, 0.2) is 0 Å². The molecular weight excluding hydrogens is 214 g/mol. The highest BCUT2D eigenvalue weighted by atomic mass is 16.5. The van der Waals surface area contributed by atoms with Crippen molar-refractivity contribution in [3.63, 3.8) is 0 Å². The molecule has 1 spiro atoms. The minimum atomic E-state index is -0.170. The van der Waals surface area contributed by atoms with Crippen molar-refractivity contribution in [1.82, 2.24) is 0 Å². The van der Waals surface area contributed by atoms with Gasteiger partial charge in [-0.15, -0.1) is 0 Å². The number of rotatable bonds is 1. The maximum Gasteiger partial charge on any atom is 0.221 e. The molecule has 0 radical (unpaired) electrons. The van der Waals surface area contributed by atoms with Gasteiger partial charge in [-0.05, 0) is 43.9 Å². The lowest BCUT2D eigenvalue weighted by atomic mass is 9.85. The van der Waals surface area contributed by atoms with Crippen LogP contribution in [0.15, 0.2) is 12.1 Å². The fourth-order valence-corrected chi connectivity index (χ4v) is 3.03. The average Bonchev–Trinajstić information content (AvgIpc) is 2.97. The van der Waals surface area contributed by atoms with Gasteiger partial charge < -0.3 is 10.5 Å². The first kappa shape index (κ1) is 10.6. The fourth-order valence-electron chi connectivity index (χ4n) is 3.03. The smallest absolute Gasteiger partial charge is 0.221 e. The Morgan fingerprint density at radius 2 is 2.12 bits per heavy atom. The number of carbonyl (C=O) groups excluding carboxylic acids is 1. The zero-order valence-electron chi connectivity index (χ0n) is 10.2. The lowest BCUT2D eigenvalue weighted by molar-refractivity contribution is -0.119. The Labute approximate surface area is 101 Å². The first-order valence-corrected chi connectivity index (χ1v) is 6.08. The van der Waals surface area contributed by atoms with Crippen molar-refractivity contribution in [3.05, 3.63) is 28.8 Å². The summed E-state index contributed by atoms with van der Waals surface area (Å²) >= 11 is 0. The van der Waals surface area contributed by atoms with Gasteiger partial charge >= 0.3 is 0 Å². The van der Waals surface area contributed by atoms with Gasteiger partial charge in [-0.1, -0.05) is 6.07 Å². The topological polar surface area (TPSA) is 52.3 Å². The standard InChI is InChI=1S/C14H17NO2/c1-8-5-10-12(6-9(8)2)17-4-3-14(10)7-11(14)13(15)16/h5-6,11H,3-4,7H2,1-2H3,(H2,15,16)/t11-,14-/m0/s1. The zero-order chi connectivity index (χ0) is 12.2. The zero-order valence-corrected chi connectivity index (χ0v) is 10.2. The third-order valence-electron chi connectivity index (χ3n) is 4.36. The minimum absolute atomic E-state index is 0.00672. The van der Waals surface area contributed by atoms with E-state index >= 15 is 0 Å². The molecule has 1 aromatic carbocycles. The number of hydrogen-bond acceptors (Lipinski definition) is 2. The van der Waals surface area contributed by atoms with Crippen molar-refractivity contribution in [2.24, 2.45) is 11.7 Å². The molecule has 2 N–H and O–H groups in total. The van der Waals surface area contributed by atoms with Gasteiger partial charge in [0.1, 0.15) is 5.75 Å². The number of carbonyl (C=O) groups is 1. The molecule has 3 nitrogen and oxygen atoms in total. The Kier molecular flexibility index (Phi) is 2.03. The maximum atomic E-state index is 11.4. The second kappa shape index (κ2) is 3.25. The van der Waals surface area contributed by atoms with Gasteiger partial charge in [0.25, 0.3) is 0 Å². The van der Waals surface area contributed by atoms with Crippen LogP contribution in [0.2, 0.25) is 0 Å². The Morgan fingerprint density at radius 3 is 2.76 bits per heavy atom. The van der Waals surface area contributed by atoms with Crippen LogP contribution < -0.4 is 10.5 Å². The molecule has 0 bridgehead atoms. The van der Waals surface area contributed by atoms with Crippen molar-refractivity contribution in [2.75, 3.05) is 6.61 Å². The monoisotopic (exact) mass is 231 g/mol. The number of ether oxygens (including phenoxy) is 1. The third-order valence-corrected chi connectivity index (χ3v) is 4.36. The second-order valence-corrected chi connectivity index (χ2v) is 5.35. The van der Waals surface area contributed by atoms with E-state index in [0.717, 1.165) is 18.6 Å². The summed E-state index contributed by atoms with van der Waals surface area (Å²) in [6.07, 6.45) is 1.80. The van der Waals surface area contributed by atoms with Gasteiger partial charge in [0.05, 0.1) is 6.61 Å². The van der Waals surface area contributed by atoms with Gasteiger partial charge in [-0.3, -0.25) is 4.79 Å². The molecule has 1 aromatic rings. The SMILES string of the molecule is Cc1cc2c(cc1C)[C@]1(CCO2)C[C@H]1C(N)=O. The summed E-state index contributed by atoms with van der Waals surface area (Å²) in [7, 11) is 0. The van der Waals surface area contributed by atoms with E-state index < -0.39 is 0 Å². The summed E-state index contributed by atoms with van der Waals surface area (Å²) in [4.78, 5) is 11.4. The number of benzene rings is 1. The molecule has 0 saturated heterocycles. The van der Waals surface area contributed by atoms with E-state index in [4.69, 9.17) is 10.5 Å². The summed E-state index contributed by atoms with van der Waals surface area (Å²) in [6.45, 7) is 4.87. The highest BCUT2D eigenvalue weighted by Gasteiger charge is 2.60. The normalized spacial score (nSPS) is 29.6. The van der Waals surface area contributed by atoms with Crippen LogP contribution in [-0.2, 0) is 10.2 Å². The van der Waals surface area contributed by atoms with E-state index in [2.05, 4.69) is 26.0 Å². The molecule has 3 heteroatoms. The summed E-state index contributed by atoms with van der Waals surface area (Å²) < 4.78 is 5.71. The third kappa shape index (κ3) is 1.38. The molecule has 17 heavy (non-hydrogen) atoms. The molecule has 2 aliphatic rings. The average molecular weight is 231 g/mol.